The van der Waals surface area contributed by atoms with E-state index in [4.69, 9.17) is 9.79 Å². The van der Waals surface area contributed by atoms with Crippen LogP contribution < -0.4 is 5.32 Å². The molecule has 1 aliphatic rings. The van der Waals surface area contributed by atoms with Crippen LogP contribution in [0.5, 0.6) is 0 Å². The number of carbonyl (C=O) groups is 1. The molecule has 2 aromatic carbocycles. The molecule has 1 aromatic heterocycles. The number of nitrogens with one attached hydrogen (secondary N) is 1. The lowest BCUT2D eigenvalue weighted by molar-refractivity contribution is 0.0595. The van der Waals surface area contributed by atoms with E-state index in [1.54, 1.807) is 12.1 Å². The lowest BCUT2D eigenvalue weighted by Gasteiger charge is -2.31. The molecule has 0 aliphatic heterocycles. The molecule has 178 valence electrons. The van der Waals surface area contributed by atoms with E-state index < -0.39 is 29.5 Å². The van der Waals surface area contributed by atoms with E-state index in [0.717, 1.165) is 37.7 Å². The zero-order valence-electron chi connectivity index (χ0n) is 17.7. The maximum Gasteiger partial charge on any atom is 0.400 e. The molecule has 4 rings (SSSR count). The molecule has 6 nitrogen and oxygen atoms in total. The molecule has 34 heavy (non-hydrogen) atoms. The van der Waals surface area contributed by atoms with Crippen LogP contribution in [0.4, 0.5) is 14.5 Å². The van der Waals surface area contributed by atoms with Crippen LogP contribution in [-0.2, 0) is 15.6 Å². The fourth-order valence-corrected chi connectivity index (χ4v) is 7.15. The van der Waals surface area contributed by atoms with Crippen molar-refractivity contribution in [2.45, 2.75) is 43.2 Å². The van der Waals surface area contributed by atoms with Crippen molar-refractivity contribution in [3.05, 3.63) is 62.9 Å². The zero-order chi connectivity index (χ0) is 24.7. The van der Waals surface area contributed by atoms with Crippen molar-refractivity contribution in [2.24, 2.45) is 0 Å². The quantitative estimate of drug-likeness (QED) is 0.291. The first-order valence-electron chi connectivity index (χ1n) is 10.5. The highest BCUT2D eigenvalue weighted by atomic mass is 79.9. The van der Waals surface area contributed by atoms with Crippen LogP contribution in [-0.4, -0.2) is 15.7 Å². The number of amides is 1. The van der Waals surface area contributed by atoms with Gasteiger partial charge in [0.1, 0.15) is 4.88 Å². The Labute approximate surface area is 206 Å². The Balaban J connectivity index is 1.57. The van der Waals surface area contributed by atoms with Crippen molar-refractivity contribution < 1.29 is 27.9 Å². The maximum atomic E-state index is 14.2. The van der Waals surface area contributed by atoms with Gasteiger partial charge in [0, 0.05) is 25.8 Å². The minimum atomic E-state index is -5.72. The summed E-state index contributed by atoms with van der Waals surface area (Å²) in [5, 5.41) is 12.8. The monoisotopic (exact) mass is 568 g/mol. The summed E-state index contributed by atoms with van der Waals surface area (Å²) in [4.78, 5) is 30.1. The van der Waals surface area contributed by atoms with Crippen LogP contribution in [0.2, 0.25) is 0 Å². The van der Waals surface area contributed by atoms with Crippen LogP contribution in [0.3, 0.4) is 0 Å². The number of nitriles is 1. The van der Waals surface area contributed by atoms with Crippen molar-refractivity contribution in [2.75, 3.05) is 5.32 Å². The van der Waals surface area contributed by atoms with E-state index in [-0.39, 0.29) is 15.4 Å². The van der Waals surface area contributed by atoms with Crippen LogP contribution in [0, 0.1) is 11.3 Å². The third kappa shape index (κ3) is 4.43. The van der Waals surface area contributed by atoms with Crippen molar-refractivity contribution >= 4 is 56.5 Å². The molecule has 3 aromatic rings. The largest absolute Gasteiger partial charge is 0.400 e. The van der Waals surface area contributed by atoms with Crippen LogP contribution in [0.15, 0.2) is 46.9 Å². The van der Waals surface area contributed by atoms with E-state index in [1.807, 2.05) is 12.1 Å². The van der Waals surface area contributed by atoms with Gasteiger partial charge >= 0.3 is 13.3 Å². The molecule has 0 unspecified atom stereocenters. The molecule has 0 bridgehead atoms. The molecule has 1 saturated carbocycles. The Hall–Kier alpha value is -2.15. The standard InChI is InChI=1S/C23H20BrF2N2O4PS/c24-19-17-12-14(4-9-18(17)34-20(19)23(25,26)33(30,31)32)21(29)28-16-7-5-15(6-8-16)22(13-27)10-2-1-3-11-22/h4-9,12H,1-3,10-11H2,(H,28,29)(H2,30,31,32). The second kappa shape index (κ2) is 9.14. The molecular formula is C23H20BrF2N2O4PS. The molecule has 0 atom stereocenters. The summed E-state index contributed by atoms with van der Waals surface area (Å²) in [5.41, 5.74) is -3.20. The van der Waals surface area contributed by atoms with E-state index in [1.165, 1.54) is 18.2 Å². The lowest BCUT2D eigenvalue weighted by Crippen LogP contribution is -2.27. The highest BCUT2D eigenvalue weighted by molar-refractivity contribution is 9.10. The number of thiophene rings is 1. The van der Waals surface area contributed by atoms with Gasteiger partial charge in [-0.1, -0.05) is 31.4 Å². The number of anilines is 1. The predicted molar refractivity (Wildman–Crippen MR) is 130 cm³/mol. The number of benzene rings is 2. The minimum Gasteiger partial charge on any atom is -0.322 e. The summed E-state index contributed by atoms with van der Waals surface area (Å²) in [6.45, 7) is 0. The summed E-state index contributed by atoms with van der Waals surface area (Å²) in [5.74, 6) is -0.469. The average molecular weight is 569 g/mol. The fourth-order valence-electron chi connectivity index (χ4n) is 4.23. The second-order valence-corrected chi connectivity index (χ2v) is 11.8. The lowest BCUT2D eigenvalue weighted by atomic mass is 9.70. The molecule has 3 N–H and O–H groups in total. The van der Waals surface area contributed by atoms with E-state index in [2.05, 4.69) is 27.3 Å². The Bertz CT molecular complexity index is 1340. The van der Waals surface area contributed by atoms with E-state index in [9.17, 15) is 23.4 Å². The molecule has 11 heteroatoms. The SMILES string of the molecule is N#CC1(c2ccc(NC(=O)c3ccc4sc(C(F)(F)P(=O)(O)O)c(Br)c4c3)cc2)CCCCC1. The molecule has 0 saturated heterocycles. The Morgan fingerprint density at radius 2 is 1.79 bits per heavy atom. The predicted octanol–water partition coefficient (Wildman–Crippen LogP) is 6.87. The van der Waals surface area contributed by atoms with Gasteiger partial charge in [0.15, 0.2) is 0 Å². The first kappa shape index (κ1) is 25.0. The van der Waals surface area contributed by atoms with Crippen molar-refractivity contribution in [1.29, 1.82) is 5.26 Å². The van der Waals surface area contributed by atoms with Gasteiger partial charge < -0.3 is 15.1 Å². The van der Waals surface area contributed by atoms with Gasteiger partial charge in [-0.05, 0) is 64.7 Å². The summed E-state index contributed by atoms with van der Waals surface area (Å²) < 4.78 is 40.0. The summed E-state index contributed by atoms with van der Waals surface area (Å²) in [6.07, 6.45) is 4.77. The second-order valence-electron chi connectivity index (χ2n) is 8.33. The molecule has 1 fully saturated rings. The number of fused-ring (bicyclic) bond motifs is 1. The number of carbonyl (C=O) groups excluding carboxylic acids is 1. The minimum absolute atomic E-state index is 0.158. The Morgan fingerprint density at radius 3 is 2.38 bits per heavy atom. The number of hydrogen-bond acceptors (Lipinski definition) is 4. The number of halogens is 3. The summed E-state index contributed by atoms with van der Waals surface area (Å²) in [7, 11) is -5.72. The number of rotatable bonds is 5. The Morgan fingerprint density at radius 1 is 1.15 bits per heavy atom. The number of hydrogen-bond donors (Lipinski definition) is 3. The molecule has 1 amide bonds. The highest BCUT2D eigenvalue weighted by Gasteiger charge is 2.53. The van der Waals surface area contributed by atoms with Gasteiger partial charge in [0.25, 0.3) is 5.91 Å². The molecule has 1 heterocycles. The third-order valence-corrected chi connectivity index (χ3v) is 9.58. The van der Waals surface area contributed by atoms with Crippen LogP contribution in [0.1, 0.15) is 52.9 Å². The van der Waals surface area contributed by atoms with Gasteiger partial charge in [-0.3, -0.25) is 9.36 Å². The van der Waals surface area contributed by atoms with Crippen molar-refractivity contribution in [3.63, 3.8) is 0 Å². The van der Waals surface area contributed by atoms with Gasteiger partial charge in [0.05, 0.1) is 11.5 Å². The molecule has 1 aliphatic carbocycles. The van der Waals surface area contributed by atoms with Gasteiger partial charge in [-0.25, -0.2) is 0 Å². The average Bonchev–Trinajstić information content (AvgIpc) is 3.15. The smallest absolute Gasteiger partial charge is 0.322 e. The van der Waals surface area contributed by atoms with Gasteiger partial charge in [-0.15, -0.1) is 11.3 Å². The maximum absolute atomic E-state index is 14.2. The first-order chi connectivity index (χ1) is 16.0. The zero-order valence-corrected chi connectivity index (χ0v) is 21.0. The molecule has 0 radical (unpaired) electrons. The normalized spacial score (nSPS) is 16.2. The highest BCUT2D eigenvalue weighted by Crippen LogP contribution is 2.62. The van der Waals surface area contributed by atoms with E-state index >= 15 is 0 Å². The van der Waals surface area contributed by atoms with Crippen molar-refractivity contribution in [3.8, 4) is 6.07 Å². The van der Waals surface area contributed by atoms with Crippen LogP contribution in [0.25, 0.3) is 10.1 Å². The third-order valence-electron chi connectivity index (χ3n) is 6.15. The first-order valence-corrected chi connectivity index (χ1v) is 13.7. The number of nitrogens with zero attached hydrogens (tertiary/aromatic N) is 1. The number of alkyl halides is 2. The van der Waals surface area contributed by atoms with Crippen LogP contribution >= 0.6 is 34.9 Å². The molecule has 0 spiro atoms. The van der Waals surface area contributed by atoms with Gasteiger partial charge in [0.2, 0.25) is 0 Å². The fraction of sp³-hybridized carbons (Fsp3) is 0.304. The summed E-state index contributed by atoms with van der Waals surface area (Å²) >= 11 is 3.57. The van der Waals surface area contributed by atoms with Crippen molar-refractivity contribution in [1.82, 2.24) is 0 Å². The summed E-state index contributed by atoms with van der Waals surface area (Å²) in [6, 6.07) is 13.9. The van der Waals surface area contributed by atoms with Gasteiger partial charge in [-0.2, -0.15) is 14.0 Å². The molecular weight excluding hydrogens is 549 g/mol. The van der Waals surface area contributed by atoms with E-state index in [0.29, 0.717) is 21.7 Å². The topological polar surface area (TPSA) is 110 Å². The Kier molecular flexibility index (Phi) is 6.71.